The topological polar surface area (TPSA) is 78.7 Å². The number of nitro groups is 1. The summed E-state index contributed by atoms with van der Waals surface area (Å²) in [5.74, 6) is -0.360. The number of para-hydroxylation sites is 2. The molecule has 7 heteroatoms. The molecule has 0 fully saturated rings. The fourth-order valence-corrected chi connectivity index (χ4v) is 1.98. The number of hydrogen-bond donors (Lipinski definition) is 0. The highest BCUT2D eigenvalue weighted by molar-refractivity contribution is 6.30. The van der Waals surface area contributed by atoms with Gasteiger partial charge in [-0.2, -0.15) is 0 Å². The molecule has 22 heavy (non-hydrogen) atoms. The lowest BCUT2D eigenvalue weighted by Crippen LogP contribution is -2.18. The molecule has 0 bridgehead atoms. The molecule has 0 spiro atoms. The molecule has 0 amide bonds. The van der Waals surface area contributed by atoms with E-state index in [9.17, 15) is 14.9 Å². The van der Waals surface area contributed by atoms with Crippen molar-refractivity contribution in [1.82, 2.24) is 0 Å². The van der Waals surface area contributed by atoms with Crippen LogP contribution in [0.3, 0.4) is 0 Å². The molecule has 0 aliphatic carbocycles. The predicted molar refractivity (Wildman–Crippen MR) is 80.4 cm³/mol. The summed E-state index contributed by atoms with van der Waals surface area (Å²) in [5.41, 5.74) is 0.490. The fraction of sp³-hybridized carbons (Fsp3) is 0.133. The largest absolute Gasteiger partial charge is 0.482 e. The van der Waals surface area contributed by atoms with Gasteiger partial charge in [0.15, 0.2) is 6.61 Å². The first kappa shape index (κ1) is 15.8. The highest BCUT2D eigenvalue weighted by Crippen LogP contribution is 2.26. The lowest BCUT2D eigenvalue weighted by molar-refractivity contribution is -0.385. The van der Waals surface area contributed by atoms with Crippen LogP contribution in [0, 0.1) is 17.0 Å². The maximum atomic E-state index is 11.7. The first-order valence-electron chi connectivity index (χ1n) is 6.30. The molecular formula is C15H12ClNO5. The van der Waals surface area contributed by atoms with Gasteiger partial charge in [0.05, 0.1) is 4.92 Å². The minimum absolute atomic E-state index is 0.117. The highest BCUT2D eigenvalue weighted by atomic mass is 35.5. The smallest absolute Gasteiger partial charge is 0.349 e. The van der Waals surface area contributed by atoms with Gasteiger partial charge in [-0.1, -0.05) is 23.7 Å². The van der Waals surface area contributed by atoms with E-state index in [2.05, 4.69) is 0 Å². The van der Waals surface area contributed by atoms with Gasteiger partial charge >= 0.3 is 11.7 Å². The maximum Gasteiger partial charge on any atom is 0.349 e. The van der Waals surface area contributed by atoms with Gasteiger partial charge in [0.2, 0.25) is 5.75 Å². The van der Waals surface area contributed by atoms with Crippen LogP contribution in [0.15, 0.2) is 42.5 Å². The number of hydrogen-bond acceptors (Lipinski definition) is 5. The van der Waals surface area contributed by atoms with E-state index in [4.69, 9.17) is 21.1 Å². The Hall–Kier alpha value is -2.60. The molecule has 0 unspecified atom stereocenters. The number of ether oxygens (including phenoxy) is 2. The standard InChI is InChI=1S/C15H12ClNO5/c1-10-8-11(16)6-7-13(10)21-9-15(18)22-14-5-3-2-4-12(14)17(19)20/h2-8H,9H2,1H3. The zero-order valence-electron chi connectivity index (χ0n) is 11.6. The van der Waals surface area contributed by atoms with Gasteiger partial charge in [-0.3, -0.25) is 10.1 Å². The Kier molecular flexibility index (Phi) is 4.95. The van der Waals surface area contributed by atoms with E-state index in [1.165, 1.54) is 18.2 Å². The van der Waals surface area contributed by atoms with Crippen LogP contribution in [0.25, 0.3) is 0 Å². The summed E-state index contributed by atoms with van der Waals surface area (Å²) in [6.45, 7) is 1.42. The molecular weight excluding hydrogens is 310 g/mol. The fourth-order valence-electron chi connectivity index (χ4n) is 1.76. The van der Waals surface area contributed by atoms with Crippen molar-refractivity contribution in [3.8, 4) is 11.5 Å². The van der Waals surface area contributed by atoms with E-state index >= 15 is 0 Å². The third kappa shape index (κ3) is 3.95. The van der Waals surface area contributed by atoms with Crippen molar-refractivity contribution < 1.29 is 19.2 Å². The Morgan fingerprint density at radius 1 is 1.23 bits per heavy atom. The lowest BCUT2D eigenvalue weighted by Gasteiger charge is -2.09. The van der Waals surface area contributed by atoms with Crippen molar-refractivity contribution in [2.24, 2.45) is 0 Å². The number of esters is 1. The lowest BCUT2D eigenvalue weighted by atomic mass is 10.2. The normalized spacial score (nSPS) is 10.1. The highest BCUT2D eigenvalue weighted by Gasteiger charge is 2.17. The van der Waals surface area contributed by atoms with Gasteiger partial charge in [-0.15, -0.1) is 0 Å². The van der Waals surface area contributed by atoms with Gasteiger partial charge in [-0.25, -0.2) is 4.79 Å². The summed E-state index contributed by atoms with van der Waals surface area (Å²) < 4.78 is 10.3. The van der Waals surface area contributed by atoms with Crippen LogP contribution in [-0.4, -0.2) is 17.5 Å². The molecule has 2 rings (SSSR count). The Labute approximate surface area is 131 Å². The summed E-state index contributed by atoms with van der Waals surface area (Å²) in [6.07, 6.45) is 0. The van der Waals surface area contributed by atoms with Crippen molar-refractivity contribution in [3.63, 3.8) is 0 Å². The number of rotatable bonds is 5. The second kappa shape index (κ2) is 6.91. The van der Waals surface area contributed by atoms with Crippen LogP contribution in [0.1, 0.15) is 5.56 Å². The molecule has 0 saturated heterocycles. The molecule has 0 aliphatic heterocycles. The minimum atomic E-state index is -0.733. The molecule has 0 aliphatic rings. The van der Waals surface area contributed by atoms with Crippen molar-refractivity contribution in [1.29, 1.82) is 0 Å². The number of halogens is 1. The molecule has 2 aromatic rings. The molecule has 6 nitrogen and oxygen atoms in total. The van der Waals surface area contributed by atoms with Crippen molar-refractivity contribution in [2.75, 3.05) is 6.61 Å². The Bertz CT molecular complexity index is 717. The Balaban J connectivity index is 2.00. The molecule has 0 heterocycles. The second-order valence-corrected chi connectivity index (χ2v) is 4.83. The van der Waals surface area contributed by atoms with Gasteiger partial charge < -0.3 is 9.47 Å². The van der Waals surface area contributed by atoms with Crippen LogP contribution in [0.2, 0.25) is 5.02 Å². The molecule has 114 valence electrons. The minimum Gasteiger partial charge on any atom is -0.482 e. The van der Waals surface area contributed by atoms with Crippen molar-refractivity contribution in [2.45, 2.75) is 6.92 Å². The Morgan fingerprint density at radius 2 is 1.95 bits per heavy atom. The number of nitro benzene ring substituents is 1. The zero-order chi connectivity index (χ0) is 16.1. The SMILES string of the molecule is Cc1cc(Cl)ccc1OCC(=O)Oc1ccccc1[N+](=O)[O-]. The number of benzene rings is 2. The number of aryl methyl sites for hydroxylation is 1. The van der Waals surface area contributed by atoms with Gasteiger partial charge in [0.1, 0.15) is 5.75 Å². The third-order valence-electron chi connectivity index (χ3n) is 2.77. The number of carbonyl (C=O) groups is 1. The number of nitrogens with zero attached hydrogens (tertiary/aromatic N) is 1. The van der Waals surface area contributed by atoms with Crippen LogP contribution < -0.4 is 9.47 Å². The van der Waals surface area contributed by atoms with Gasteiger partial charge in [-0.05, 0) is 36.8 Å². The van der Waals surface area contributed by atoms with E-state index in [0.29, 0.717) is 10.8 Å². The van der Waals surface area contributed by atoms with Crippen molar-refractivity contribution in [3.05, 3.63) is 63.2 Å². The van der Waals surface area contributed by atoms with E-state index in [1.54, 1.807) is 31.2 Å². The van der Waals surface area contributed by atoms with E-state index in [0.717, 1.165) is 5.56 Å². The van der Waals surface area contributed by atoms with Gasteiger partial charge in [0, 0.05) is 11.1 Å². The average molecular weight is 322 g/mol. The summed E-state index contributed by atoms with van der Waals surface area (Å²) in [4.78, 5) is 22.0. The average Bonchev–Trinajstić information content (AvgIpc) is 2.46. The summed E-state index contributed by atoms with van der Waals surface area (Å²) >= 11 is 5.82. The van der Waals surface area contributed by atoms with Gasteiger partial charge in [0.25, 0.3) is 0 Å². The second-order valence-electron chi connectivity index (χ2n) is 4.40. The molecule has 0 saturated carbocycles. The first-order chi connectivity index (χ1) is 10.5. The third-order valence-corrected chi connectivity index (χ3v) is 3.00. The molecule has 2 aromatic carbocycles. The summed E-state index contributed by atoms with van der Waals surface area (Å²) in [6, 6.07) is 10.6. The van der Waals surface area contributed by atoms with Crippen LogP contribution in [0.5, 0.6) is 11.5 Å². The molecule has 0 atom stereocenters. The quantitative estimate of drug-likeness (QED) is 0.364. The first-order valence-corrected chi connectivity index (χ1v) is 6.68. The number of carbonyl (C=O) groups excluding carboxylic acids is 1. The van der Waals surface area contributed by atoms with E-state index < -0.39 is 10.9 Å². The molecule has 0 aromatic heterocycles. The maximum absolute atomic E-state index is 11.7. The zero-order valence-corrected chi connectivity index (χ0v) is 12.4. The van der Waals surface area contributed by atoms with Crippen LogP contribution in [0.4, 0.5) is 5.69 Å². The van der Waals surface area contributed by atoms with Crippen LogP contribution >= 0.6 is 11.6 Å². The van der Waals surface area contributed by atoms with Crippen LogP contribution in [-0.2, 0) is 4.79 Å². The predicted octanol–water partition coefficient (Wildman–Crippen LogP) is 3.54. The molecule has 0 radical (unpaired) electrons. The summed E-state index contributed by atoms with van der Waals surface area (Å²) in [5, 5.41) is 11.4. The van der Waals surface area contributed by atoms with E-state index in [-0.39, 0.29) is 18.0 Å². The van der Waals surface area contributed by atoms with Crippen molar-refractivity contribution >= 4 is 23.3 Å². The monoisotopic (exact) mass is 321 g/mol. The van der Waals surface area contributed by atoms with E-state index in [1.807, 2.05) is 0 Å². The summed E-state index contributed by atoms with van der Waals surface area (Å²) in [7, 11) is 0. The molecule has 0 N–H and O–H groups in total. The Morgan fingerprint density at radius 3 is 2.64 bits per heavy atom.